The Labute approximate surface area is 198 Å². The Hall–Kier alpha value is -3.90. The fourth-order valence-electron chi connectivity index (χ4n) is 4.01. The summed E-state index contributed by atoms with van der Waals surface area (Å²) in [6.07, 6.45) is -4.11. The van der Waals surface area contributed by atoms with Crippen LogP contribution in [-0.4, -0.2) is 56.9 Å². The number of carbonyl (C=O) groups is 1. The number of rotatable bonds is 6. The van der Waals surface area contributed by atoms with Gasteiger partial charge in [0, 0.05) is 30.1 Å². The number of anilines is 2. The van der Waals surface area contributed by atoms with E-state index in [4.69, 9.17) is 0 Å². The highest BCUT2D eigenvalue weighted by atomic mass is 19.4. The molecule has 0 unspecified atom stereocenters. The van der Waals surface area contributed by atoms with Crippen molar-refractivity contribution in [1.29, 1.82) is 0 Å². The molecule has 0 spiro atoms. The molecular formula is C22H24F3N7O3. The zero-order chi connectivity index (χ0) is 25.5. The van der Waals surface area contributed by atoms with E-state index in [2.05, 4.69) is 30.0 Å². The smallest absolute Gasteiger partial charge is 0.406 e. The summed E-state index contributed by atoms with van der Waals surface area (Å²) in [5, 5.41) is 3.40. The first-order valence-corrected chi connectivity index (χ1v) is 10.9. The SMILES string of the molecule is CC[C@H]1CN(C)C(=O)N1c1nc(C)nc(N[C@@H](C)c2cc3cc(OC(F)(F)F)ccc3[nH]c2=O)n1. The Morgan fingerprint density at radius 1 is 1.23 bits per heavy atom. The normalized spacial score (nSPS) is 17.2. The van der Waals surface area contributed by atoms with E-state index in [1.54, 1.807) is 25.8 Å². The summed E-state index contributed by atoms with van der Waals surface area (Å²) in [4.78, 5) is 44.1. The number of ether oxygens (including phenoxy) is 1. The van der Waals surface area contributed by atoms with E-state index in [0.717, 1.165) is 6.07 Å². The zero-order valence-corrected chi connectivity index (χ0v) is 19.5. The Morgan fingerprint density at radius 3 is 2.66 bits per heavy atom. The number of hydrogen-bond donors (Lipinski definition) is 2. The van der Waals surface area contributed by atoms with E-state index in [1.807, 2.05) is 6.92 Å². The number of halogens is 3. The number of benzene rings is 1. The number of nitrogens with one attached hydrogen (secondary N) is 2. The number of aromatic amines is 1. The van der Waals surface area contributed by atoms with Gasteiger partial charge in [0.05, 0.1) is 12.1 Å². The summed E-state index contributed by atoms with van der Waals surface area (Å²) in [5.41, 5.74) is 0.195. The van der Waals surface area contributed by atoms with Crippen LogP contribution in [0.25, 0.3) is 10.9 Å². The molecule has 1 aromatic carbocycles. The number of aryl methyl sites for hydroxylation is 1. The number of urea groups is 1. The van der Waals surface area contributed by atoms with Gasteiger partial charge < -0.3 is 19.9 Å². The molecule has 35 heavy (non-hydrogen) atoms. The number of pyridine rings is 1. The van der Waals surface area contributed by atoms with Crippen molar-refractivity contribution in [2.45, 2.75) is 45.6 Å². The van der Waals surface area contributed by atoms with Crippen molar-refractivity contribution in [2.75, 3.05) is 23.8 Å². The minimum Gasteiger partial charge on any atom is -0.406 e. The third-order valence-electron chi connectivity index (χ3n) is 5.69. The average molecular weight is 491 g/mol. The van der Waals surface area contributed by atoms with Gasteiger partial charge in [0.25, 0.3) is 5.56 Å². The molecule has 1 aliphatic rings. The summed E-state index contributed by atoms with van der Waals surface area (Å²) in [6.45, 7) is 5.87. The Balaban J connectivity index is 1.63. The second-order valence-electron chi connectivity index (χ2n) is 8.32. The van der Waals surface area contributed by atoms with E-state index < -0.39 is 23.7 Å². The fraction of sp³-hybridized carbons (Fsp3) is 0.409. The fourth-order valence-corrected chi connectivity index (χ4v) is 4.01. The zero-order valence-electron chi connectivity index (χ0n) is 19.5. The molecule has 10 nitrogen and oxygen atoms in total. The molecule has 1 saturated heterocycles. The van der Waals surface area contributed by atoms with Crippen LogP contribution < -0.4 is 20.5 Å². The Kier molecular flexibility index (Phi) is 6.26. The Bertz CT molecular complexity index is 1330. The largest absolute Gasteiger partial charge is 0.573 e. The predicted molar refractivity (Wildman–Crippen MR) is 122 cm³/mol. The second kappa shape index (κ2) is 9.04. The van der Waals surface area contributed by atoms with Gasteiger partial charge in [0.15, 0.2) is 0 Å². The van der Waals surface area contributed by atoms with E-state index >= 15 is 0 Å². The number of likely N-dealkylation sites (N-methyl/N-ethyl adjacent to an activating group) is 1. The minimum absolute atomic E-state index is 0.0870. The molecule has 0 aliphatic carbocycles. The molecule has 1 fully saturated rings. The van der Waals surface area contributed by atoms with Crippen molar-refractivity contribution in [3.63, 3.8) is 0 Å². The van der Waals surface area contributed by atoms with Gasteiger partial charge in [-0.25, -0.2) is 4.79 Å². The van der Waals surface area contributed by atoms with Crippen molar-refractivity contribution >= 4 is 28.8 Å². The van der Waals surface area contributed by atoms with Crippen molar-refractivity contribution < 1.29 is 22.7 Å². The van der Waals surface area contributed by atoms with E-state index in [0.29, 0.717) is 29.7 Å². The molecule has 0 bridgehead atoms. The lowest BCUT2D eigenvalue weighted by Gasteiger charge is -2.21. The van der Waals surface area contributed by atoms with Gasteiger partial charge in [0.1, 0.15) is 11.6 Å². The van der Waals surface area contributed by atoms with Crippen LogP contribution in [-0.2, 0) is 0 Å². The van der Waals surface area contributed by atoms with Crippen LogP contribution in [0.1, 0.15) is 37.7 Å². The molecule has 2 N–H and O–H groups in total. The predicted octanol–water partition coefficient (Wildman–Crippen LogP) is 3.74. The third kappa shape index (κ3) is 5.12. The summed E-state index contributed by atoms with van der Waals surface area (Å²) >= 11 is 0. The highest BCUT2D eigenvalue weighted by molar-refractivity contribution is 5.93. The maximum atomic E-state index is 12.7. The maximum Gasteiger partial charge on any atom is 0.573 e. The van der Waals surface area contributed by atoms with Gasteiger partial charge in [-0.3, -0.25) is 9.69 Å². The Morgan fingerprint density at radius 2 is 1.97 bits per heavy atom. The van der Waals surface area contributed by atoms with Gasteiger partial charge in [0.2, 0.25) is 11.9 Å². The molecule has 2 aromatic heterocycles. The number of carbonyl (C=O) groups excluding carboxylic acids is 1. The van der Waals surface area contributed by atoms with Crippen LogP contribution in [0, 0.1) is 6.92 Å². The molecule has 0 saturated carbocycles. The average Bonchev–Trinajstić information content (AvgIpc) is 3.05. The molecule has 13 heteroatoms. The number of fused-ring (bicyclic) bond motifs is 1. The third-order valence-corrected chi connectivity index (χ3v) is 5.69. The van der Waals surface area contributed by atoms with Crippen LogP contribution in [0.15, 0.2) is 29.1 Å². The molecule has 186 valence electrons. The van der Waals surface area contributed by atoms with Crippen molar-refractivity contribution in [3.8, 4) is 5.75 Å². The molecule has 1 aliphatic heterocycles. The second-order valence-corrected chi connectivity index (χ2v) is 8.32. The summed E-state index contributed by atoms with van der Waals surface area (Å²) in [6, 6.07) is 4.22. The molecule has 0 radical (unpaired) electrons. The maximum absolute atomic E-state index is 12.7. The lowest BCUT2D eigenvalue weighted by molar-refractivity contribution is -0.274. The van der Waals surface area contributed by atoms with E-state index in [-0.39, 0.29) is 29.5 Å². The van der Waals surface area contributed by atoms with Crippen LogP contribution in [0.4, 0.5) is 29.9 Å². The van der Waals surface area contributed by atoms with Gasteiger partial charge in [-0.2, -0.15) is 15.0 Å². The number of aromatic nitrogens is 4. The van der Waals surface area contributed by atoms with E-state index in [9.17, 15) is 22.8 Å². The van der Waals surface area contributed by atoms with Gasteiger partial charge >= 0.3 is 12.4 Å². The molecule has 2 atom stereocenters. The van der Waals surface area contributed by atoms with Crippen LogP contribution in [0.5, 0.6) is 5.75 Å². The minimum atomic E-state index is -4.83. The highest BCUT2D eigenvalue weighted by Gasteiger charge is 2.37. The van der Waals surface area contributed by atoms with Gasteiger partial charge in [-0.15, -0.1) is 13.2 Å². The number of H-pyrrole nitrogens is 1. The van der Waals surface area contributed by atoms with Crippen LogP contribution >= 0.6 is 0 Å². The quantitative estimate of drug-likeness (QED) is 0.540. The molecule has 3 aromatic rings. The molecular weight excluding hydrogens is 467 g/mol. The highest BCUT2D eigenvalue weighted by Crippen LogP contribution is 2.27. The lowest BCUT2D eigenvalue weighted by atomic mass is 10.1. The number of hydrogen-bond acceptors (Lipinski definition) is 7. The topological polar surface area (TPSA) is 116 Å². The first kappa shape index (κ1) is 24.2. The van der Waals surface area contributed by atoms with Crippen LogP contribution in [0.2, 0.25) is 0 Å². The summed E-state index contributed by atoms with van der Waals surface area (Å²) in [5.74, 6) is 0.343. The summed E-state index contributed by atoms with van der Waals surface area (Å²) < 4.78 is 41.7. The first-order valence-electron chi connectivity index (χ1n) is 10.9. The molecule has 3 heterocycles. The van der Waals surface area contributed by atoms with Gasteiger partial charge in [-0.05, 0) is 44.5 Å². The number of amides is 2. The van der Waals surface area contributed by atoms with Gasteiger partial charge in [-0.1, -0.05) is 6.92 Å². The van der Waals surface area contributed by atoms with E-state index in [1.165, 1.54) is 23.1 Å². The molecule has 4 rings (SSSR count). The van der Waals surface area contributed by atoms with Crippen molar-refractivity contribution in [1.82, 2.24) is 24.8 Å². The number of nitrogens with zero attached hydrogens (tertiary/aromatic N) is 5. The number of alkyl halides is 3. The summed E-state index contributed by atoms with van der Waals surface area (Å²) in [7, 11) is 1.71. The molecule has 2 amide bonds. The van der Waals surface area contributed by atoms with Crippen molar-refractivity contribution in [2.24, 2.45) is 0 Å². The standard InChI is InChI=1S/C22H24F3N7O3/c1-5-14-10-31(4)21(34)32(14)20-28-12(3)27-19(30-20)26-11(2)16-9-13-8-15(35-22(23,24)25)6-7-17(13)29-18(16)33/h6-9,11,14H,5,10H2,1-4H3,(H,29,33)(H,26,27,28,30)/t11-,14-/m0/s1. The lowest BCUT2D eigenvalue weighted by Crippen LogP contribution is -2.36. The van der Waals surface area contributed by atoms with Crippen molar-refractivity contribution in [3.05, 3.63) is 46.0 Å². The first-order chi connectivity index (χ1) is 16.4. The monoisotopic (exact) mass is 491 g/mol. The van der Waals surface area contributed by atoms with Crippen LogP contribution in [0.3, 0.4) is 0 Å².